The first-order valence-corrected chi connectivity index (χ1v) is 9.58. The minimum Gasteiger partial charge on any atom is -0.491 e. The third-order valence-corrected chi connectivity index (χ3v) is 5.37. The standard InChI is InChI=1S/C23H25F3O/c1-3-5-15-6-11-18(20(24)14-15)16-7-9-17(10-8-16)19-12-13-21(27-4-2)23(26)22(19)25/h3,5-6,11-14,16-17H,4,7-10H2,1-2H3/b5-3+. The van der Waals surface area contributed by atoms with Crippen molar-refractivity contribution in [2.24, 2.45) is 0 Å². The quantitative estimate of drug-likeness (QED) is 0.549. The molecule has 2 aromatic carbocycles. The zero-order valence-electron chi connectivity index (χ0n) is 15.8. The largest absolute Gasteiger partial charge is 0.491 e. The smallest absolute Gasteiger partial charge is 0.200 e. The Morgan fingerprint density at radius 2 is 1.56 bits per heavy atom. The molecule has 0 bridgehead atoms. The van der Waals surface area contributed by atoms with E-state index in [1.807, 2.05) is 31.2 Å². The van der Waals surface area contributed by atoms with E-state index in [2.05, 4.69) is 0 Å². The topological polar surface area (TPSA) is 9.23 Å². The van der Waals surface area contributed by atoms with Crippen molar-refractivity contribution < 1.29 is 17.9 Å². The second kappa shape index (κ2) is 8.64. The highest BCUT2D eigenvalue weighted by Crippen LogP contribution is 2.42. The number of benzene rings is 2. The summed E-state index contributed by atoms with van der Waals surface area (Å²) >= 11 is 0. The minimum absolute atomic E-state index is 0.0446. The van der Waals surface area contributed by atoms with Crippen LogP contribution in [0.4, 0.5) is 13.2 Å². The van der Waals surface area contributed by atoms with E-state index in [0.29, 0.717) is 25.0 Å². The fraction of sp³-hybridized carbons (Fsp3) is 0.391. The van der Waals surface area contributed by atoms with Crippen LogP contribution in [-0.4, -0.2) is 6.61 Å². The third kappa shape index (κ3) is 4.20. The molecule has 1 fully saturated rings. The maximum atomic E-state index is 14.5. The van der Waals surface area contributed by atoms with E-state index in [1.54, 1.807) is 19.1 Å². The highest BCUT2D eigenvalue weighted by molar-refractivity contribution is 5.50. The van der Waals surface area contributed by atoms with Crippen LogP contribution in [-0.2, 0) is 0 Å². The lowest BCUT2D eigenvalue weighted by Gasteiger charge is -2.29. The molecule has 0 N–H and O–H groups in total. The van der Waals surface area contributed by atoms with Gasteiger partial charge in [0, 0.05) is 0 Å². The van der Waals surface area contributed by atoms with Crippen LogP contribution in [0.2, 0.25) is 0 Å². The second-order valence-electron chi connectivity index (χ2n) is 7.04. The Kier molecular flexibility index (Phi) is 6.25. The van der Waals surface area contributed by atoms with Crippen LogP contribution in [0.5, 0.6) is 5.75 Å². The minimum atomic E-state index is -0.915. The summed E-state index contributed by atoms with van der Waals surface area (Å²) in [5.74, 6) is -1.88. The number of rotatable bonds is 5. The molecule has 3 rings (SSSR count). The fourth-order valence-electron chi connectivity index (χ4n) is 4.01. The van der Waals surface area contributed by atoms with Gasteiger partial charge in [0.05, 0.1) is 6.61 Å². The zero-order valence-corrected chi connectivity index (χ0v) is 15.8. The van der Waals surface area contributed by atoms with Crippen LogP contribution in [0.1, 0.15) is 68.1 Å². The molecule has 1 aliphatic rings. The normalized spacial score (nSPS) is 20.2. The van der Waals surface area contributed by atoms with Crippen LogP contribution in [0.15, 0.2) is 36.4 Å². The van der Waals surface area contributed by atoms with Gasteiger partial charge in [-0.2, -0.15) is 4.39 Å². The van der Waals surface area contributed by atoms with Crippen molar-refractivity contribution in [3.8, 4) is 5.75 Å². The first-order chi connectivity index (χ1) is 13.0. The van der Waals surface area contributed by atoms with Crippen LogP contribution in [0.25, 0.3) is 6.08 Å². The molecule has 1 aliphatic carbocycles. The summed E-state index contributed by atoms with van der Waals surface area (Å²) in [4.78, 5) is 0. The Morgan fingerprint density at radius 1 is 0.926 bits per heavy atom. The van der Waals surface area contributed by atoms with Crippen molar-refractivity contribution in [1.29, 1.82) is 0 Å². The summed E-state index contributed by atoms with van der Waals surface area (Å²) in [5.41, 5.74) is 1.97. The van der Waals surface area contributed by atoms with Gasteiger partial charge in [0.25, 0.3) is 0 Å². The van der Waals surface area contributed by atoms with Gasteiger partial charge in [-0.1, -0.05) is 30.4 Å². The van der Waals surface area contributed by atoms with Gasteiger partial charge in [-0.05, 0) is 80.2 Å². The molecule has 0 aliphatic heterocycles. The van der Waals surface area contributed by atoms with Gasteiger partial charge >= 0.3 is 0 Å². The van der Waals surface area contributed by atoms with Gasteiger partial charge < -0.3 is 4.74 Å². The molecule has 0 radical (unpaired) electrons. The van der Waals surface area contributed by atoms with E-state index >= 15 is 0 Å². The second-order valence-corrected chi connectivity index (χ2v) is 7.04. The van der Waals surface area contributed by atoms with E-state index < -0.39 is 11.6 Å². The van der Waals surface area contributed by atoms with E-state index in [9.17, 15) is 13.2 Å². The summed E-state index contributed by atoms with van der Waals surface area (Å²) in [5, 5.41) is 0. The molecule has 4 heteroatoms. The average Bonchev–Trinajstić information content (AvgIpc) is 2.67. The van der Waals surface area contributed by atoms with Gasteiger partial charge in [-0.15, -0.1) is 0 Å². The maximum Gasteiger partial charge on any atom is 0.200 e. The van der Waals surface area contributed by atoms with Gasteiger partial charge in [-0.3, -0.25) is 0 Å². The van der Waals surface area contributed by atoms with E-state index in [4.69, 9.17) is 4.74 Å². The van der Waals surface area contributed by atoms with Crippen molar-refractivity contribution in [2.75, 3.05) is 6.61 Å². The molecule has 0 saturated heterocycles. The molecule has 27 heavy (non-hydrogen) atoms. The fourth-order valence-corrected chi connectivity index (χ4v) is 4.01. The molecular weight excluding hydrogens is 349 g/mol. The van der Waals surface area contributed by atoms with Gasteiger partial charge in [0.1, 0.15) is 5.82 Å². The summed E-state index contributed by atoms with van der Waals surface area (Å²) in [7, 11) is 0. The molecule has 0 unspecified atom stereocenters. The summed E-state index contributed by atoms with van der Waals surface area (Å²) in [6.07, 6.45) is 6.70. The van der Waals surface area contributed by atoms with Crippen LogP contribution in [0, 0.1) is 17.5 Å². The first-order valence-electron chi connectivity index (χ1n) is 9.58. The maximum absolute atomic E-state index is 14.5. The van der Waals surface area contributed by atoms with Gasteiger partial charge in [0.15, 0.2) is 11.6 Å². The van der Waals surface area contributed by atoms with E-state index in [0.717, 1.165) is 24.0 Å². The van der Waals surface area contributed by atoms with Crippen molar-refractivity contribution in [2.45, 2.75) is 51.4 Å². The van der Waals surface area contributed by atoms with Gasteiger partial charge in [0.2, 0.25) is 5.82 Å². The summed E-state index contributed by atoms with van der Waals surface area (Å²) in [6, 6.07) is 8.46. The van der Waals surface area contributed by atoms with Crippen LogP contribution < -0.4 is 4.74 Å². The summed E-state index contributed by atoms with van der Waals surface area (Å²) in [6.45, 7) is 3.92. The third-order valence-electron chi connectivity index (χ3n) is 5.37. The lowest BCUT2D eigenvalue weighted by molar-refractivity contribution is 0.310. The highest BCUT2D eigenvalue weighted by Gasteiger charge is 2.28. The highest BCUT2D eigenvalue weighted by atomic mass is 19.2. The van der Waals surface area contributed by atoms with Crippen molar-refractivity contribution >= 4 is 6.08 Å². The molecule has 0 amide bonds. The monoisotopic (exact) mass is 374 g/mol. The first kappa shape index (κ1) is 19.5. The molecule has 1 nitrogen and oxygen atoms in total. The molecular formula is C23H25F3O. The summed E-state index contributed by atoms with van der Waals surface area (Å²) < 4.78 is 48.2. The molecule has 0 spiro atoms. The van der Waals surface area contributed by atoms with Crippen LogP contribution in [0.3, 0.4) is 0 Å². The van der Waals surface area contributed by atoms with E-state index in [1.165, 1.54) is 6.07 Å². The Hall–Kier alpha value is -2.23. The zero-order chi connectivity index (χ0) is 19.4. The molecule has 2 aromatic rings. The molecule has 0 heterocycles. The lowest BCUT2D eigenvalue weighted by atomic mass is 9.76. The van der Waals surface area contributed by atoms with Crippen LogP contribution >= 0.6 is 0 Å². The average molecular weight is 374 g/mol. The molecule has 0 atom stereocenters. The number of allylic oxidation sites excluding steroid dienone is 1. The SMILES string of the molecule is C/C=C/c1ccc(C2CCC(c3ccc(OCC)c(F)c3F)CC2)c(F)c1. The Balaban J connectivity index is 1.71. The predicted octanol–water partition coefficient (Wildman–Crippen LogP) is 6.98. The van der Waals surface area contributed by atoms with Crippen molar-refractivity contribution in [3.05, 3.63) is 70.5 Å². The Labute approximate surface area is 158 Å². The number of halogens is 3. The Morgan fingerprint density at radius 3 is 2.15 bits per heavy atom. The molecule has 1 saturated carbocycles. The Bertz CT molecular complexity index is 821. The van der Waals surface area contributed by atoms with Gasteiger partial charge in [-0.25, -0.2) is 8.78 Å². The van der Waals surface area contributed by atoms with Crippen molar-refractivity contribution in [3.63, 3.8) is 0 Å². The number of hydrogen-bond donors (Lipinski definition) is 0. The van der Waals surface area contributed by atoms with Crippen molar-refractivity contribution in [1.82, 2.24) is 0 Å². The predicted molar refractivity (Wildman–Crippen MR) is 103 cm³/mol. The lowest BCUT2D eigenvalue weighted by Crippen LogP contribution is -2.15. The van der Waals surface area contributed by atoms with E-state index in [-0.39, 0.29) is 23.4 Å². The molecule has 144 valence electrons. The number of hydrogen-bond acceptors (Lipinski definition) is 1. The molecule has 0 aromatic heterocycles. The number of ether oxygens (including phenoxy) is 1.